The molecule has 0 saturated carbocycles. The van der Waals surface area contributed by atoms with E-state index in [-0.39, 0.29) is 5.56 Å². The molecule has 0 N–H and O–H groups in total. The van der Waals surface area contributed by atoms with Gasteiger partial charge in [0.1, 0.15) is 5.82 Å². The topological polar surface area (TPSA) is 68.8 Å². The Hall–Kier alpha value is -2.80. The van der Waals surface area contributed by atoms with E-state index in [0.29, 0.717) is 12.5 Å². The minimum Gasteiger partial charge on any atom is -0.331 e. The molecule has 0 aliphatic carbocycles. The highest BCUT2D eigenvalue weighted by Gasteiger charge is 2.22. The number of pyridine rings is 1. The molecule has 3 aromatic heterocycles. The van der Waals surface area contributed by atoms with Crippen LogP contribution in [0.2, 0.25) is 0 Å². The normalized spacial score (nSPS) is 17.7. The molecule has 3 aromatic rings. The van der Waals surface area contributed by atoms with E-state index in [4.69, 9.17) is 0 Å². The predicted octanol–water partition coefficient (Wildman–Crippen LogP) is 2.75. The number of aromatic nitrogens is 5. The molecule has 156 valence electrons. The third-order valence-electron chi connectivity index (χ3n) is 6.42. The SMILES string of the molecule is O=c1ccc(-c2ccncc2)nn1CC1CCN(Cc2cnc3n2CCCC3)CC1. The molecule has 0 aromatic carbocycles. The van der Waals surface area contributed by atoms with Crippen molar-refractivity contribution < 1.29 is 0 Å². The first-order valence-corrected chi connectivity index (χ1v) is 11.0. The van der Waals surface area contributed by atoms with E-state index in [9.17, 15) is 4.79 Å². The van der Waals surface area contributed by atoms with Crippen LogP contribution in [-0.4, -0.2) is 42.3 Å². The summed E-state index contributed by atoms with van der Waals surface area (Å²) < 4.78 is 4.06. The lowest BCUT2D eigenvalue weighted by molar-refractivity contribution is 0.160. The summed E-state index contributed by atoms with van der Waals surface area (Å²) in [5, 5.41) is 4.62. The van der Waals surface area contributed by atoms with Gasteiger partial charge in [0.15, 0.2) is 0 Å². The smallest absolute Gasteiger partial charge is 0.266 e. The van der Waals surface area contributed by atoms with E-state index in [1.165, 1.54) is 24.4 Å². The Bertz CT molecular complexity index is 1050. The largest absolute Gasteiger partial charge is 0.331 e. The fourth-order valence-electron chi connectivity index (χ4n) is 4.66. The van der Waals surface area contributed by atoms with Crippen molar-refractivity contribution in [3.05, 3.63) is 64.7 Å². The highest BCUT2D eigenvalue weighted by atomic mass is 16.1. The molecule has 0 amide bonds. The lowest BCUT2D eigenvalue weighted by Crippen LogP contribution is -2.37. The van der Waals surface area contributed by atoms with E-state index in [2.05, 4.69) is 30.7 Å². The van der Waals surface area contributed by atoms with Crippen LogP contribution in [0.15, 0.2) is 47.7 Å². The zero-order valence-electron chi connectivity index (χ0n) is 17.3. The fraction of sp³-hybridized carbons (Fsp3) is 0.478. The molecule has 1 saturated heterocycles. The van der Waals surface area contributed by atoms with Crippen molar-refractivity contribution in [2.45, 2.75) is 51.7 Å². The van der Waals surface area contributed by atoms with Gasteiger partial charge < -0.3 is 4.57 Å². The van der Waals surface area contributed by atoms with Gasteiger partial charge in [0.25, 0.3) is 5.56 Å². The molecule has 1 fully saturated rings. The van der Waals surface area contributed by atoms with Gasteiger partial charge in [-0.1, -0.05) is 0 Å². The summed E-state index contributed by atoms with van der Waals surface area (Å²) in [6.45, 7) is 4.90. The Morgan fingerprint density at radius 1 is 1.00 bits per heavy atom. The molecule has 0 unspecified atom stereocenters. The van der Waals surface area contributed by atoms with Crippen molar-refractivity contribution in [3.8, 4) is 11.3 Å². The van der Waals surface area contributed by atoms with Gasteiger partial charge in [-0.2, -0.15) is 5.10 Å². The minimum absolute atomic E-state index is 0.0267. The van der Waals surface area contributed by atoms with Gasteiger partial charge in [-0.25, -0.2) is 9.67 Å². The molecule has 2 aliphatic rings. The first kappa shape index (κ1) is 19.2. The second-order valence-electron chi connectivity index (χ2n) is 8.47. The third kappa shape index (κ3) is 4.07. The number of imidazole rings is 1. The van der Waals surface area contributed by atoms with Crippen LogP contribution in [0.5, 0.6) is 0 Å². The number of rotatable bonds is 5. The number of aryl methyl sites for hydroxylation is 1. The molecule has 7 nitrogen and oxygen atoms in total. The lowest BCUT2D eigenvalue weighted by atomic mass is 9.96. The monoisotopic (exact) mass is 404 g/mol. The van der Waals surface area contributed by atoms with Crippen molar-refractivity contribution >= 4 is 0 Å². The van der Waals surface area contributed by atoms with Crippen molar-refractivity contribution in [1.29, 1.82) is 0 Å². The maximum absolute atomic E-state index is 12.4. The quantitative estimate of drug-likeness (QED) is 0.654. The zero-order valence-corrected chi connectivity index (χ0v) is 17.3. The summed E-state index contributed by atoms with van der Waals surface area (Å²) in [5.74, 6) is 1.74. The van der Waals surface area contributed by atoms with Gasteiger partial charge in [0.2, 0.25) is 0 Å². The highest BCUT2D eigenvalue weighted by Crippen LogP contribution is 2.23. The van der Waals surface area contributed by atoms with Crippen LogP contribution in [0.4, 0.5) is 0 Å². The van der Waals surface area contributed by atoms with Crippen LogP contribution >= 0.6 is 0 Å². The van der Waals surface area contributed by atoms with Crippen molar-refractivity contribution in [1.82, 2.24) is 29.2 Å². The van der Waals surface area contributed by atoms with Crippen LogP contribution in [0, 0.1) is 5.92 Å². The van der Waals surface area contributed by atoms with Gasteiger partial charge in [0, 0.05) is 56.3 Å². The molecule has 0 bridgehead atoms. The predicted molar refractivity (Wildman–Crippen MR) is 115 cm³/mol. The Balaban J connectivity index is 1.20. The van der Waals surface area contributed by atoms with Crippen molar-refractivity contribution in [2.75, 3.05) is 13.1 Å². The average Bonchev–Trinajstić information content (AvgIpc) is 3.20. The highest BCUT2D eigenvalue weighted by molar-refractivity contribution is 5.56. The summed E-state index contributed by atoms with van der Waals surface area (Å²) in [6, 6.07) is 7.26. The van der Waals surface area contributed by atoms with Crippen LogP contribution < -0.4 is 5.56 Å². The number of nitrogens with zero attached hydrogens (tertiary/aromatic N) is 6. The van der Waals surface area contributed by atoms with Gasteiger partial charge in [-0.3, -0.25) is 14.7 Å². The van der Waals surface area contributed by atoms with E-state index in [1.807, 2.05) is 12.1 Å². The van der Waals surface area contributed by atoms with E-state index >= 15 is 0 Å². The molecule has 7 heteroatoms. The van der Waals surface area contributed by atoms with Crippen LogP contribution in [-0.2, 0) is 26.1 Å². The number of hydrogen-bond acceptors (Lipinski definition) is 5. The number of hydrogen-bond donors (Lipinski definition) is 0. The van der Waals surface area contributed by atoms with Gasteiger partial charge in [0.05, 0.1) is 11.4 Å². The average molecular weight is 405 g/mol. The van der Waals surface area contributed by atoms with E-state index in [0.717, 1.165) is 56.7 Å². The maximum Gasteiger partial charge on any atom is 0.266 e. The zero-order chi connectivity index (χ0) is 20.3. The lowest BCUT2D eigenvalue weighted by Gasteiger charge is -2.32. The summed E-state index contributed by atoms with van der Waals surface area (Å²) >= 11 is 0. The van der Waals surface area contributed by atoms with Crippen molar-refractivity contribution in [3.63, 3.8) is 0 Å². The molecule has 2 aliphatic heterocycles. The molecule has 0 spiro atoms. The minimum atomic E-state index is -0.0267. The standard InChI is InChI=1S/C23H28N6O/c30-23-5-4-21(19-6-10-24-11-7-19)26-29(23)16-18-8-13-27(14-9-18)17-20-15-25-22-3-1-2-12-28(20)22/h4-7,10-11,15,18H,1-3,8-9,12-14,16-17H2. The van der Waals surface area contributed by atoms with Crippen LogP contribution in [0.1, 0.15) is 37.2 Å². The van der Waals surface area contributed by atoms with Crippen molar-refractivity contribution in [2.24, 2.45) is 5.92 Å². The second-order valence-corrected chi connectivity index (χ2v) is 8.47. The van der Waals surface area contributed by atoms with Crippen LogP contribution in [0.3, 0.4) is 0 Å². The third-order valence-corrected chi connectivity index (χ3v) is 6.42. The van der Waals surface area contributed by atoms with E-state index < -0.39 is 0 Å². The number of fused-ring (bicyclic) bond motifs is 1. The molecule has 30 heavy (non-hydrogen) atoms. The Labute approximate surface area is 176 Å². The fourth-order valence-corrected chi connectivity index (χ4v) is 4.66. The summed E-state index contributed by atoms with van der Waals surface area (Å²) in [6.07, 6.45) is 11.4. The summed E-state index contributed by atoms with van der Waals surface area (Å²) in [5.41, 5.74) is 3.13. The first-order valence-electron chi connectivity index (χ1n) is 11.0. The molecular weight excluding hydrogens is 376 g/mol. The second kappa shape index (κ2) is 8.52. The van der Waals surface area contributed by atoms with Crippen LogP contribution in [0.25, 0.3) is 11.3 Å². The van der Waals surface area contributed by atoms with Gasteiger partial charge >= 0.3 is 0 Å². The number of likely N-dealkylation sites (tertiary alicyclic amines) is 1. The Morgan fingerprint density at radius 3 is 2.67 bits per heavy atom. The molecule has 5 rings (SSSR count). The Kier molecular flexibility index (Phi) is 5.45. The molecule has 0 atom stereocenters. The van der Waals surface area contributed by atoms with E-state index in [1.54, 1.807) is 29.2 Å². The summed E-state index contributed by atoms with van der Waals surface area (Å²) in [7, 11) is 0. The molecule has 0 radical (unpaired) electrons. The number of piperidine rings is 1. The summed E-state index contributed by atoms with van der Waals surface area (Å²) in [4.78, 5) is 23.6. The molecule has 5 heterocycles. The maximum atomic E-state index is 12.4. The van der Waals surface area contributed by atoms with Gasteiger partial charge in [-0.15, -0.1) is 0 Å². The van der Waals surface area contributed by atoms with Gasteiger partial charge in [-0.05, 0) is 62.9 Å². The Morgan fingerprint density at radius 2 is 1.83 bits per heavy atom. The first-order chi connectivity index (χ1) is 14.8. The molecular formula is C23H28N6O.